The topological polar surface area (TPSA) is 34.1 Å². The van der Waals surface area contributed by atoms with E-state index in [-0.39, 0.29) is 5.60 Å². The van der Waals surface area contributed by atoms with E-state index in [1.165, 1.54) is 12.0 Å². The highest BCUT2D eigenvalue weighted by Crippen LogP contribution is 2.23. The largest absolute Gasteiger partial charge is 0.374 e. The van der Waals surface area contributed by atoms with Crippen molar-refractivity contribution in [3.8, 4) is 0 Å². The number of rotatable bonds is 4. The Morgan fingerprint density at radius 3 is 3.00 bits per heavy atom. The molecular formula is C13H20N2O. The standard InChI is InChI=1S/C13H20N2O/c1-11-4-5-12(15-8-11)9-14-10-13(2)6-3-7-16-13/h4-5,8,14H,3,6-7,9-10H2,1-2H3. The van der Waals surface area contributed by atoms with Crippen molar-refractivity contribution in [3.05, 3.63) is 29.6 Å². The number of aryl methyl sites for hydroxylation is 1. The molecule has 1 aliphatic heterocycles. The second kappa shape index (κ2) is 4.93. The van der Waals surface area contributed by atoms with Crippen LogP contribution in [0.25, 0.3) is 0 Å². The Hall–Kier alpha value is -0.930. The summed E-state index contributed by atoms with van der Waals surface area (Å²) >= 11 is 0. The lowest BCUT2D eigenvalue weighted by atomic mass is 10.0. The summed E-state index contributed by atoms with van der Waals surface area (Å²) < 4.78 is 5.71. The Balaban J connectivity index is 1.77. The predicted molar refractivity (Wildman–Crippen MR) is 64.3 cm³/mol. The van der Waals surface area contributed by atoms with Crippen molar-refractivity contribution in [3.63, 3.8) is 0 Å². The molecule has 0 bridgehead atoms. The molecule has 3 nitrogen and oxygen atoms in total. The van der Waals surface area contributed by atoms with E-state index in [1.54, 1.807) is 0 Å². The Labute approximate surface area is 97.2 Å². The number of nitrogens with one attached hydrogen (secondary N) is 1. The molecule has 0 aromatic carbocycles. The summed E-state index contributed by atoms with van der Waals surface area (Å²) in [4.78, 5) is 4.36. The number of aromatic nitrogens is 1. The molecule has 1 aromatic heterocycles. The molecule has 2 rings (SSSR count). The first-order valence-corrected chi connectivity index (χ1v) is 5.94. The van der Waals surface area contributed by atoms with Gasteiger partial charge in [0.1, 0.15) is 0 Å². The van der Waals surface area contributed by atoms with Gasteiger partial charge >= 0.3 is 0 Å². The number of hydrogen-bond donors (Lipinski definition) is 1. The van der Waals surface area contributed by atoms with E-state index in [0.717, 1.165) is 31.8 Å². The third kappa shape index (κ3) is 3.03. The molecule has 1 unspecified atom stereocenters. The first-order valence-electron chi connectivity index (χ1n) is 5.94. The Bertz CT molecular complexity index is 328. The molecule has 88 valence electrons. The van der Waals surface area contributed by atoms with Crippen molar-refractivity contribution in [2.75, 3.05) is 13.2 Å². The van der Waals surface area contributed by atoms with Crippen LogP contribution in [0.4, 0.5) is 0 Å². The van der Waals surface area contributed by atoms with Gasteiger partial charge in [-0.05, 0) is 38.3 Å². The lowest BCUT2D eigenvalue weighted by Gasteiger charge is -2.23. The van der Waals surface area contributed by atoms with E-state index < -0.39 is 0 Å². The third-order valence-electron chi connectivity index (χ3n) is 3.08. The zero-order valence-electron chi connectivity index (χ0n) is 10.1. The van der Waals surface area contributed by atoms with Crippen LogP contribution < -0.4 is 5.32 Å². The molecule has 1 aliphatic rings. The summed E-state index contributed by atoms with van der Waals surface area (Å²) in [5.41, 5.74) is 2.33. The fourth-order valence-electron chi connectivity index (χ4n) is 2.03. The molecule has 1 saturated heterocycles. The lowest BCUT2D eigenvalue weighted by Crippen LogP contribution is -2.36. The van der Waals surface area contributed by atoms with Crippen molar-refractivity contribution in [1.82, 2.24) is 10.3 Å². The van der Waals surface area contributed by atoms with Gasteiger partial charge in [-0.3, -0.25) is 4.98 Å². The van der Waals surface area contributed by atoms with E-state index in [0.29, 0.717) is 0 Å². The van der Waals surface area contributed by atoms with Crippen LogP contribution in [0.3, 0.4) is 0 Å². The maximum Gasteiger partial charge on any atom is 0.0779 e. The van der Waals surface area contributed by atoms with Gasteiger partial charge in [-0.15, -0.1) is 0 Å². The van der Waals surface area contributed by atoms with Gasteiger partial charge in [-0.1, -0.05) is 6.07 Å². The molecule has 0 aliphatic carbocycles. The van der Waals surface area contributed by atoms with E-state index >= 15 is 0 Å². The summed E-state index contributed by atoms with van der Waals surface area (Å²) in [6, 6.07) is 4.16. The SMILES string of the molecule is Cc1ccc(CNCC2(C)CCCO2)nc1. The highest BCUT2D eigenvalue weighted by Gasteiger charge is 2.28. The number of nitrogens with zero attached hydrogens (tertiary/aromatic N) is 1. The smallest absolute Gasteiger partial charge is 0.0779 e. The molecule has 16 heavy (non-hydrogen) atoms. The fraction of sp³-hybridized carbons (Fsp3) is 0.615. The lowest BCUT2D eigenvalue weighted by molar-refractivity contribution is 0.0206. The molecule has 0 amide bonds. The highest BCUT2D eigenvalue weighted by atomic mass is 16.5. The van der Waals surface area contributed by atoms with Gasteiger partial charge in [-0.2, -0.15) is 0 Å². The maximum atomic E-state index is 5.71. The van der Waals surface area contributed by atoms with E-state index in [1.807, 2.05) is 6.20 Å². The van der Waals surface area contributed by atoms with Gasteiger partial charge < -0.3 is 10.1 Å². The first-order chi connectivity index (χ1) is 7.68. The summed E-state index contributed by atoms with van der Waals surface area (Å²) in [5, 5.41) is 3.42. The molecule has 1 N–H and O–H groups in total. The van der Waals surface area contributed by atoms with Crippen LogP contribution in [0.15, 0.2) is 18.3 Å². The highest BCUT2D eigenvalue weighted by molar-refractivity contribution is 5.11. The Morgan fingerprint density at radius 1 is 1.50 bits per heavy atom. The maximum absolute atomic E-state index is 5.71. The average Bonchev–Trinajstić information content (AvgIpc) is 2.69. The van der Waals surface area contributed by atoms with Gasteiger partial charge in [0.05, 0.1) is 11.3 Å². The molecular weight excluding hydrogens is 200 g/mol. The number of pyridine rings is 1. The van der Waals surface area contributed by atoms with Gasteiger partial charge in [0, 0.05) is 25.9 Å². The van der Waals surface area contributed by atoms with E-state index in [9.17, 15) is 0 Å². The Morgan fingerprint density at radius 2 is 2.38 bits per heavy atom. The van der Waals surface area contributed by atoms with Crippen LogP contribution in [-0.4, -0.2) is 23.7 Å². The molecule has 1 aromatic rings. The quantitative estimate of drug-likeness (QED) is 0.843. The molecule has 1 fully saturated rings. The second-order valence-electron chi connectivity index (χ2n) is 4.83. The van der Waals surface area contributed by atoms with Crippen LogP contribution in [0.2, 0.25) is 0 Å². The summed E-state index contributed by atoms with van der Waals surface area (Å²) in [6.07, 6.45) is 4.24. The zero-order chi connectivity index (χ0) is 11.4. The summed E-state index contributed by atoms with van der Waals surface area (Å²) in [5.74, 6) is 0. The molecule has 2 heterocycles. The average molecular weight is 220 g/mol. The minimum absolute atomic E-state index is 0.0324. The van der Waals surface area contributed by atoms with E-state index in [2.05, 4.69) is 36.3 Å². The van der Waals surface area contributed by atoms with Crippen molar-refractivity contribution >= 4 is 0 Å². The summed E-state index contributed by atoms with van der Waals surface area (Å²) in [7, 11) is 0. The number of ether oxygens (including phenoxy) is 1. The minimum atomic E-state index is 0.0324. The molecule has 1 atom stereocenters. The normalized spacial score (nSPS) is 24.9. The van der Waals surface area contributed by atoms with Gasteiger partial charge in [0.15, 0.2) is 0 Å². The fourth-order valence-corrected chi connectivity index (χ4v) is 2.03. The number of hydrogen-bond acceptors (Lipinski definition) is 3. The van der Waals surface area contributed by atoms with Crippen molar-refractivity contribution in [2.45, 2.75) is 38.8 Å². The third-order valence-corrected chi connectivity index (χ3v) is 3.08. The van der Waals surface area contributed by atoms with Gasteiger partial charge in [0.2, 0.25) is 0 Å². The zero-order valence-corrected chi connectivity index (χ0v) is 10.1. The second-order valence-corrected chi connectivity index (χ2v) is 4.83. The molecule has 0 radical (unpaired) electrons. The first kappa shape index (κ1) is 11.6. The van der Waals surface area contributed by atoms with Crippen molar-refractivity contribution in [2.24, 2.45) is 0 Å². The molecule has 3 heteroatoms. The Kier molecular flexibility index (Phi) is 3.56. The van der Waals surface area contributed by atoms with Crippen LogP contribution in [0, 0.1) is 6.92 Å². The van der Waals surface area contributed by atoms with Gasteiger partial charge in [-0.25, -0.2) is 0 Å². The monoisotopic (exact) mass is 220 g/mol. The van der Waals surface area contributed by atoms with Crippen molar-refractivity contribution in [1.29, 1.82) is 0 Å². The van der Waals surface area contributed by atoms with Crippen LogP contribution in [-0.2, 0) is 11.3 Å². The van der Waals surface area contributed by atoms with Crippen LogP contribution in [0.1, 0.15) is 31.0 Å². The van der Waals surface area contributed by atoms with Crippen LogP contribution >= 0.6 is 0 Å². The van der Waals surface area contributed by atoms with E-state index in [4.69, 9.17) is 4.74 Å². The predicted octanol–water partition coefficient (Wildman–Crippen LogP) is 2.05. The molecule has 0 spiro atoms. The van der Waals surface area contributed by atoms with Crippen molar-refractivity contribution < 1.29 is 4.74 Å². The van der Waals surface area contributed by atoms with Crippen LogP contribution in [0.5, 0.6) is 0 Å². The van der Waals surface area contributed by atoms with Gasteiger partial charge in [0.25, 0.3) is 0 Å². The minimum Gasteiger partial charge on any atom is -0.374 e. The molecule has 0 saturated carbocycles. The summed E-state index contributed by atoms with van der Waals surface area (Å²) in [6.45, 7) is 6.86.